The van der Waals surface area contributed by atoms with Gasteiger partial charge in [-0.05, 0) is 50.5 Å². The van der Waals surface area contributed by atoms with E-state index in [1.165, 1.54) is 4.31 Å². The Kier molecular flexibility index (Phi) is 7.69. The lowest BCUT2D eigenvalue weighted by Gasteiger charge is -2.31. The second-order valence-electron chi connectivity index (χ2n) is 7.61. The molecule has 164 valence electrons. The van der Waals surface area contributed by atoms with Crippen molar-refractivity contribution in [3.8, 4) is 0 Å². The highest BCUT2D eigenvalue weighted by molar-refractivity contribution is 7.89. The van der Waals surface area contributed by atoms with Crippen molar-refractivity contribution in [1.29, 1.82) is 0 Å². The molecule has 1 aliphatic rings. The highest BCUT2D eigenvalue weighted by Gasteiger charge is 2.32. The maximum Gasteiger partial charge on any atom is 0.243 e. The summed E-state index contributed by atoms with van der Waals surface area (Å²) in [5.41, 5.74) is 0. The van der Waals surface area contributed by atoms with E-state index in [1.807, 2.05) is 19.9 Å². The average molecular weight is 435 g/mol. The van der Waals surface area contributed by atoms with Crippen LogP contribution in [0.5, 0.6) is 0 Å². The third-order valence-corrected chi connectivity index (χ3v) is 7.43. The first-order valence-electron chi connectivity index (χ1n) is 10.4. The number of benzene rings is 1. The summed E-state index contributed by atoms with van der Waals surface area (Å²) in [6, 6.07) is 11.5. The van der Waals surface area contributed by atoms with Gasteiger partial charge in [0.2, 0.25) is 15.9 Å². The van der Waals surface area contributed by atoms with Gasteiger partial charge in [0, 0.05) is 19.2 Å². The van der Waals surface area contributed by atoms with Crippen molar-refractivity contribution in [1.82, 2.24) is 9.21 Å². The van der Waals surface area contributed by atoms with Crippen LogP contribution in [0, 0.1) is 0 Å². The van der Waals surface area contributed by atoms with Crippen molar-refractivity contribution in [2.75, 3.05) is 19.7 Å². The summed E-state index contributed by atoms with van der Waals surface area (Å²) >= 11 is 0. The van der Waals surface area contributed by atoms with E-state index in [0.717, 1.165) is 12.8 Å². The largest absolute Gasteiger partial charge is 0.467 e. The molecule has 0 unspecified atom stereocenters. The number of rotatable bonds is 10. The van der Waals surface area contributed by atoms with E-state index < -0.39 is 10.0 Å². The van der Waals surface area contributed by atoms with Gasteiger partial charge in [-0.2, -0.15) is 4.31 Å². The van der Waals surface area contributed by atoms with Gasteiger partial charge in [0.05, 0.1) is 30.4 Å². The SMILES string of the molecule is CC[C@H](C)N(CC(=O)N(Cc1ccco1)C[C@@H]1CCCO1)S(=O)(=O)c1ccccc1. The predicted octanol–water partition coefficient (Wildman–Crippen LogP) is 3.28. The second kappa shape index (κ2) is 10.2. The van der Waals surface area contributed by atoms with Crippen molar-refractivity contribution >= 4 is 15.9 Å². The van der Waals surface area contributed by atoms with Crippen LogP contribution in [0.3, 0.4) is 0 Å². The van der Waals surface area contributed by atoms with Crippen molar-refractivity contribution in [2.24, 2.45) is 0 Å². The molecule has 0 radical (unpaired) electrons. The Hall–Kier alpha value is -2.16. The summed E-state index contributed by atoms with van der Waals surface area (Å²) in [6.07, 6.45) is 3.99. The molecule has 30 heavy (non-hydrogen) atoms. The molecule has 2 atom stereocenters. The number of hydrogen-bond donors (Lipinski definition) is 0. The van der Waals surface area contributed by atoms with Gasteiger partial charge in [0.1, 0.15) is 5.76 Å². The summed E-state index contributed by atoms with van der Waals surface area (Å²) in [6.45, 7) is 4.90. The Bertz CT molecular complexity index is 893. The molecule has 1 aromatic heterocycles. The molecule has 3 rings (SSSR count). The van der Waals surface area contributed by atoms with E-state index in [4.69, 9.17) is 9.15 Å². The van der Waals surface area contributed by atoms with E-state index in [-0.39, 0.29) is 36.0 Å². The van der Waals surface area contributed by atoms with Gasteiger partial charge in [0.15, 0.2) is 0 Å². The number of nitrogens with zero attached hydrogens (tertiary/aromatic N) is 2. The number of furan rings is 1. The molecule has 0 spiro atoms. The van der Waals surface area contributed by atoms with Gasteiger partial charge in [0.25, 0.3) is 0 Å². The summed E-state index contributed by atoms with van der Waals surface area (Å²) in [7, 11) is -3.80. The lowest BCUT2D eigenvalue weighted by molar-refractivity contribution is -0.134. The van der Waals surface area contributed by atoms with E-state index in [2.05, 4.69) is 0 Å². The number of ether oxygens (including phenoxy) is 1. The minimum Gasteiger partial charge on any atom is -0.467 e. The standard InChI is InChI=1S/C22H30N2O5S/c1-3-18(2)24(30(26,27)21-11-5-4-6-12-21)17-22(25)23(15-19-9-7-13-28-19)16-20-10-8-14-29-20/h4-7,9,11-13,18,20H,3,8,10,14-17H2,1-2H3/t18-,20-/m0/s1. The van der Waals surface area contributed by atoms with Crippen LogP contribution < -0.4 is 0 Å². The lowest BCUT2D eigenvalue weighted by Crippen LogP contribution is -2.47. The van der Waals surface area contributed by atoms with Crippen molar-refractivity contribution in [3.05, 3.63) is 54.5 Å². The number of amides is 1. The Morgan fingerprint density at radius 1 is 1.20 bits per heavy atom. The van der Waals surface area contributed by atoms with Crippen LogP contribution >= 0.6 is 0 Å². The average Bonchev–Trinajstić information content (AvgIpc) is 3.45. The zero-order chi connectivity index (χ0) is 21.6. The molecular formula is C22H30N2O5S. The molecule has 0 saturated carbocycles. The molecule has 0 bridgehead atoms. The molecule has 2 aromatic rings. The summed E-state index contributed by atoms with van der Waals surface area (Å²) < 4.78 is 39.0. The number of sulfonamides is 1. The minimum absolute atomic E-state index is 0.0355. The van der Waals surface area contributed by atoms with Gasteiger partial charge in [-0.15, -0.1) is 0 Å². The smallest absolute Gasteiger partial charge is 0.243 e. The van der Waals surface area contributed by atoms with Gasteiger partial charge in [-0.25, -0.2) is 8.42 Å². The highest BCUT2D eigenvalue weighted by Crippen LogP contribution is 2.21. The topological polar surface area (TPSA) is 80.1 Å². The Morgan fingerprint density at radius 3 is 2.57 bits per heavy atom. The summed E-state index contributed by atoms with van der Waals surface area (Å²) in [4.78, 5) is 15.1. The minimum atomic E-state index is -3.80. The molecule has 1 amide bonds. The second-order valence-corrected chi connectivity index (χ2v) is 9.50. The van der Waals surface area contributed by atoms with Gasteiger partial charge >= 0.3 is 0 Å². The molecular weight excluding hydrogens is 404 g/mol. The van der Waals surface area contributed by atoms with E-state index in [1.54, 1.807) is 47.6 Å². The normalized spacial score (nSPS) is 17.9. The first-order valence-corrected chi connectivity index (χ1v) is 11.8. The van der Waals surface area contributed by atoms with Crippen LogP contribution in [0.2, 0.25) is 0 Å². The van der Waals surface area contributed by atoms with Crippen LogP contribution in [0.15, 0.2) is 58.0 Å². The maximum absolute atomic E-state index is 13.3. The molecule has 1 saturated heterocycles. The van der Waals surface area contributed by atoms with Crippen molar-refractivity contribution < 1.29 is 22.4 Å². The molecule has 0 aliphatic carbocycles. The fraction of sp³-hybridized carbons (Fsp3) is 0.500. The fourth-order valence-corrected chi connectivity index (χ4v) is 5.20. The van der Waals surface area contributed by atoms with Crippen molar-refractivity contribution in [3.63, 3.8) is 0 Å². The van der Waals surface area contributed by atoms with Crippen LogP contribution in [-0.4, -0.2) is 55.4 Å². The van der Waals surface area contributed by atoms with E-state index in [9.17, 15) is 13.2 Å². The van der Waals surface area contributed by atoms with E-state index >= 15 is 0 Å². The monoisotopic (exact) mass is 434 g/mol. The summed E-state index contributed by atoms with van der Waals surface area (Å²) in [5, 5.41) is 0. The fourth-order valence-electron chi connectivity index (χ4n) is 3.52. The molecule has 2 heterocycles. The third kappa shape index (κ3) is 5.50. The third-order valence-electron chi connectivity index (χ3n) is 5.45. The Labute approximate surface area is 178 Å². The van der Waals surface area contributed by atoms with Crippen LogP contribution in [0.25, 0.3) is 0 Å². The molecule has 1 fully saturated rings. The number of carbonyl (C=O) groups is 1. The van der Waals surface area contributed by atoms with Gasteiger partial charge in [-0.1, -0.05) is 25.1 Å². The zero-order valence-corrected chi connectivity index (χ0v) is 18.4. The van der Waals surface area contributed by atoms with Crippen LogP contribution in [0.4, 0.5) is 0 Å². The lowest BCUT2D eigenvalue weighted by atomic mass is 10.2. The van der Waals surface area contributed by atoms with Crippen molar-refractivity contribution in [2.45, 2.75) is 56.7 Å². The zero-order valence-electron chi connectivity index (χ0n) is 17.6. The van der Waals surface area contributed by atoms with Gasteiger partial charge < -0.3 is 14.1 Å². The molecule has 7 nitrogen and oxygen atoms in total. The van der Waals surface area contributed by atoms with Crippen LogP contribution in [-0.2, 0) is 26.1 Å². The Balaban J connectivity index is 1.82. The van der Waals surface area contributed by atoms with Gasteiger partial charge in [-0.3, -0.25) is 4.79 Å². The van der Waals surface area contributed by atoms with Crippen LogP contribution in [0.1, 0.15) is 38.9 Å². The Morgan fingerprint density at radius 2 is 1.97 bits per heavy atom. The first-order chi connectivity index (χ1) is 14.4. The number of hydrogen-bond acceptors (Lipinski definition) is 5. The maximum atomic E-state index is 13.3. The predicted molar refractivity (Wildman–Crippen MR) is 113 cm³/mol. The first kappa shape index (κ1) is 22.5. The molecule has 8 heteroatoms. The van der Waals surface area contributed by atoms with E-state index in [0.29, 0.717) is 25.3 Å². The summed E-state index contributed by atoms with van der Waals surface area (Å²) in [5.74, 6) is 0.393. The highest BCUT2D eigenvalue weighted by atomic mass is 32.2. The molecule has 1 aliphatic heterocycles. The molecule has 1 aromatic carbocycles. The quantitative estimate of drug-likeness (QED) is 0.573. The molecule has 0 N–H and O–H groups in total. The number of carbonyl (C=O) groups excluding carboxylic acids is 1.